The Morgan fingerprint density at radius 3 is 2.80 bits per heavy atom. The second kappa shape index (κ2) is 7.31. The van der Waals surface area contributed by atoms with E-state index < -0.39 is 11.8 Å². The van der Waals surface area contributed by atoms with Crippen LogP contribution in [0.2, 0.25) is 5.15 Å². The molecule has 0 amide bonds. The minimum atomic E-state index is -0.605. The van der Waals surface area contributed by atoms with Crippen molar-refractivity contribution in [1.29, 1.82) is 0 Å². The Morgan fingerprint density at radius 2 is 2.08 bits per heavy atom. The van der Waals surface area contributed by atoms with Gasteiger partial charge in [0, 0.05) is 13.2 Å². The third-order valence-electron chi connectivity index (χ3n) is 3.51. The zero-order chi connectivity index (χ0) is 17.8. The molecule has 128 valence electrons. The molecule has 1 N–H and O–H groups in total. The summed E-state index contributed by atoms with van der Waals surface area (Å²) in [6.45, 7) is -0.0455. The molecular formula is C17H14ClFN4O2. The summed E-state index contributed by atoms with van der Waals surface area (Å²) in [6, 6.07) is 9.26. The van der Waals surface area contributed by atoms with E-state index in [1.54, 1.807) is 41.9 Å². The molecule has 0 atom stereocenters. The van der Waals surface area contributed by atoms with Crippen LogP contribution in [-0.4, -0.2) is 20.5 Å². The average molecular weight is 361 g/mol. The predicted octanol–water partition coefficient (Wildman–Crippen LogP) is 3.71. The van der Waals surface area contributed by atoms with Crippen molar-refractivity contribution in [3.05, 3.63) is 71.2 Å². The second-order valence-corrected chi connectivity index (χ2v) is 5.52. The number of pyridine rings is 1. The third kappa shape index (κ3) is 3.77. The Kier molecular flexibility index (Phi) is 4.95. The van der Waals surface area contributed by atoms with Crippen molar-refractivity contribution in [2.75, 3.05) is 5.32 Å². The molecular weight excluding hydrogens is 347 g/mol. The number of aromatic nitrogens is 3. The van der Waals surface area contributed by atoms with Crippen molar-refractivity contribution in [3.63, 3.8) is 0 Å². The number of carbonyl (C=O) groups excluding carboxylic acids is 1. The average Bonchev–Trinajstić information content (AvgIpc) is 2.94. The highest BCUT2D eigenvalue weighted by Crippen LogP contribution is 2.22. The maximum absolute atomic E-state index is 13.8. The molecule has 1 aromatic carbocycles. The van der Waals surface area contributed by atoms with Crippen molar-refractivity contribution in [2.45, 2.75) is 6.61 Å². The van der Waals surface area contributed by atoms with E-state index in [0.717, 1.165) is 0 Å². The number of ether oxygens (including phenoxy) is 1. The molecule has 0 aliphatic carbocycles. The molecule has 0 unspecified atom stereocenters. The number of imidazole rings is 1. The molecule has 0 spiro atoms. The summed E-state index contributed by atoms with van der Waals surface area (Å²) in [5.41, 5.74) is 0.400. The van der Waals surface area contributed by atoms with Crippen LogP contribution in [0.15, 0.2) is 48.8 Å². The van der Waals surface area contributed by atoms with Gasteiger partial charge in [0.25, 0.3) is 0 Å². The number of hydrogen-bond donors (Lipinski definition) is 1. The number of carbonyl (C=O) groups is 1. The molecule has 0 bridgehead atoms. The molecule has 2 heterocycles. The topological polar surface area (TPSA) is 69.0 Å². The van der Waals surface area contributed by atoms with E-state index in [2.05, 4.69) is 15.3 Å². The quantitative estimate of drug-likeness (QED) is 0.702. The van der Waals surface area contributed by atoms with Crippen molar-refractivity contribution in [3.8, 4) is 0 Å². The molecule has 2 aromatic heterocycles. The summed E-state index contributed by atoms with van der Waals surface area (Å²) in [7, 11) is 1.72. The van der Waals surface area contributed by atoms with E-state index in [1.807, 2.05) is 0 Å². The van der Waals surface area contributed by atoms with Gasteiger partial charge in [-0.05, 0) is 24.3 Å². The van der Waals surface area contributed by atoms with E-state index in [-0.39, 0.29) is 23.7 Å². The van der Waals surface area contributed by atoms with E-state index in [0.29, 0.717) is 11.0 Å². The number of anilines is 2. The van der Waals surface area contributed by atoms with Crippen LogP contribution in [0.5, 0.6) is 0 Å². The van der Waals surface area contributed by atoms with Gasteiger partial charge in [0.15, 0.2) is 0 Å². The molecule has 0 aliphatic rings. The minimum Gasteiger partial charge on any atom is -0.454 e. The first-order valence-electron chi connectivity index (χ1n) is 7.36. The van der Waals surface area contributed by atoms with Crippen LogP contribution in [-0.2, 0) is 18.4 Å². The molecule has 8 heteroatoms. The lowest BCUT2D eigenvalue weighted by Gasteiger charge is -2.11. The van der Waals surface area contributed by atoms with Gasteiger partial charge in [-0.1, -0.05) is 23.7 Å². The molecule has 0 saturated carbocycles. The normalized spacial score (nSPS) is 10.5. The number of benzene rings is 1. The predicted molar refractivity (Wildman–Crippen MR) is 91.3 cm³/mol. The maximum atomic E-state index is 13.8. The summed E-state index contributed by atoms with van der Waals surface area (Å²) in [5, 5.41) is 3.25. The lowest BCUT2D eigenvalue weighted by atomic mass is 10.2. The Balaban J connectivity index is 1.77. The fourth-order valence-electron chi connectivity index (χ4n) is 2.13. The molecule has 25 heavy (non-hydrogen) atoms. The van der Waals surface area contributed by atoms with Crippen LogP contribution in [0.4, 0.5) is 15.9 Å². The van der Waals surface area contributed by atoms with Crippen LogP contribution >= 0.6 is 11.6 Å². The lowest BCUT2D eigenvalue weighted by molar-refractivity contribution is 0.0460. The van der Waals surface area contributed by atoms with E-state index in [1.165, 1.54) is 18.5 Å². The van der Waals surface area contributed by atoms with Gasteiger partial charge in [0.05, 0.1) is 11.9 Å². The Hall–Kier alpha value is -2.93. The smallest absolute Gasteiger partial charge is 0.342 e. The van der Waals surface area contributed by atoms with Gasteiger partial charge in [-0.25, -0.2) is 19.2 Å². The minimum absolute atomic E-state index is 0.0455. The summed E-state index contributed by atoms with van der Waals surface area (Å²) in [5.74, 6) is -0.345. The number of rotatable bonds is 5. The fourth-order valence-corrected chi connectivity index (χ4v) is 2.27. The van der Waals surface area contributed by atoms with Crippen LogP contribution in [0.1, 0.15) is 16.2 Å². The molecule has 0 fully saturated rings. The first-order valence-corrected chi connectivity index (χ1v) is 7.74. The monoisotopic (exact) mass is 360 g/mol. The molecule has 3 aromatic rings. The molecule has 0 radical (unpaired) electrons. The van der Waals surface area contributed by atoms with Crippen LogP contribution in [0, 0.1) is 5.82 Å². The highest BCUT2D eigenvalue weighted by Gasteiger charge is 2.16. The van der Waals surface area contributed by atoms with Gasteiger partial charge < -0.3 is 14.6 Å². The third-order valence-corrected chi connectivity index (χ3v) is 3.87. The van der Waals surface area contributed by atoms with Crippen LogP contribution in [0.3, 0.4) is 0 Å². The van der Waals surface area contributed by atoms with Crippen LogP contribution in [0.25, 0.3) is 0 Å². The zero-order valence-electron chi connectivity index (χ0n) is 13.2. The number of hydrogen-bond acceptors (Lipinski definition) is 5. The second-order valence-electron chi connectivity index (χ2n) is 5.14. The summed E-state index contributed by atoms with van der Waals surface area (Å²) >= 11 is 5.90. The summed E-state index contributed by atoms with van der Waals surface area (Å²) in [6.07, 6.45) is 2.97. The van der Waals surface area contributed by atoms with Gasteiger partial charge in [0.1, 0.15) is 34.8 Å². The SMILES string of the molecule is Cn1c(Cl)cnc1COC(=O)c1cccnc1Nc1ccccc1F. The van der Waals surface area contributed by atoms with E-state index in [4.69, 9.17) is 16.3 Å². The van der Waals surface area contributed by atoms with E-state index in [9.17, 15) is 9.18 Å². The Labute approximate surface area is 148 Å². The van der Waals surface area contributed by atoms with Gasteiger partial charge in [-0.2, -0.15) is 0 Å². The standard InChI is InChI=1S/C17H14ClFN4O2/c1-23-14(18)9-21-15(23)10-25-17(24)11-5-4-8-20-16(11)22-13-7-3-2-6-12(13)19/h2-9H,10H2,1H3,(H,20,22). The van der Waals surface area contributed by atoms with Crippen molar-refractivity contribution in [1.82, 2.24) is 14.5 Å². The fraction of sp³-hybridized carbons (Fsp3) is 0.118. The number of para-hydroxylation sites is 1. The Bertz CT molecular complexity index is 913. The largest absolute Gasteiger partial charge is 0.454 e. The molecule has 3 rings (SSSR count). The van der Waals surface area contributed by atoms with Gasteiger partial charge in [0.2, 0.25) is 0 Å². The number of nitrogens with one attached hydrogen (secondary N) is 1. The number of halogens is 2. The van der Waals surface area contributed by atoms with Crippen molar-refractivity contribution < 1.29 is 13.9 Å². The highest BCUT2D eigenvalue weighted by molar-refractivity contribution is 6.29. The molecule has 0 aliphatic heterocycles. The molecule has 6 nitrogen and oxygen atoms in total. The van der Waals surface area contributed by atoms with E-state index >= 15 is 0 Å². The maximum Gasteiger partial charge on any atom is 0.342 e. The van der Waals surface area contributed by atoms with Gasteiger partial charge >= 0.3 is 5.97 Å². The highest BCUT2D eigenvalue weighted by atomic mass is 35.5. The summed E-state index contributed by atoms with van der Waals surface area (Å²) < 4.78 is 20.7. The van der Waals surface area contributed by atoms with Gasteiger partial charge in [-0.3, -0.25) is 0 Å². The first kappa shape index (κ1) is 16.9. The Morgan fingerprint density at radius 1 is 1.28 bits per heavy atom. The summed E-state index contributed by atoms with van der Waals surface area (Å²) in [4.78, 5) is 20.5. The van der Waals surface area contributed by atoms with Crippen molar-refractivity contribution >= 4 is 29.1 Å². The van der Waals surface area contributed by atoms with Gasteiger partial charge in [-0.15, -0.1) is 0 Å². The molecule has 0 saturated heterocycles. The number of esters is 1. The number of nitrogens with zero attached hydrogens (tertiary/aromatic N) is 3. The first-order chi connectivity index (χ1) is 12.1. The van der Waals surface area contributed by atoms with Crippen LogP contribution < -0.4 is 5.32 Å². The lowest BCUT2D eigenvalue weighted by Crippen LogP contribution is -2.11. The van der Waals surface area contributed by atoms with Crippen molar-refractivity contribution in [2.24, 2.45) is 7.05 Å². The zero-order valence-corrected chi connectivity index (χ0v) is 14.0.